The van der Waals surface area contributed by atoms with Gasteiger partial charge in [0.1, 0.15) is 6.33 Å². The van der Waals surface area contributed by atoms with Crippen LogP contribution in [-0.2, 0) is 13.0 Å². The van der Waals surface area contributed by atoms with Crippen LogP contribution in [0.2, 0.25) is 0 Å². The molecule has 3 heterocycles. The number of aryl methyl sites for hydroxylation is 2. The highest BCUT2D eigenvalue weighted by Crippen LogP contribution is 2.30. The van der Waals surface area contributed by atoms with Crippen LogP contribution in [0.15, 0.2) is 58.0 Å². The zero-order chi connectivity index (χ0) is 20.2. The largest absolute Gasteiger partial charge is 0.356 e. The van der Waals surface area contributed by atoms with Crippen molar-refractivity contribution >= 4 is 5.91 Å². The quantitative estimate of drug-likeness (QED) is 0.537. The van der Waals surface area contributed by atoms with Crippen LogP contribution in [0.4, 0.5) is 0 Å². The fraction of sp³-hybridized carbons (Fsp3) is 0.190. The SMILES string of the molecule is CCc1cc(C(=O)NCc2ccc(-c3ncncc3-c3cc(C)no3)cc2)on1. The Kier molecular flexibility index (Phi) is 5.15. The predicted octanol–water partition coefficient (Wildman–Crippen LogP) is 3.59. The summed E-state index contributed by atoms with van der Waals surface area (Å²) in [7, 11) is 0. The number of hydrogen-bond acceptors (Lipinski definition) is 7. The smallest absolute Gasteiger partial charge is 0.290 e. The fourth-order valence-corrected chi connectivity index (χ4v) is 2.87. The molecule has 0 saturated carbocycles. The lowest BCUT2D eigenvalue weighted by molar-refractivity contribution is 0.0914. The van der Waals surface area contributed by atoms with Gasteiger partial charge in [0.15, 0.2) is 5.76 Å². The number of nitrogens with zero attached hydrogens (tertiary/aromatic N) is 4. The van der Waals surface area contributed by atoms with Gasteiger partial charge in [0.2, 0.25) is 5.76 Å². The van der Waals surface area contributed by atoms with Crippen LogP contribution >= 0.6 is 0 Å². The average molecular weight is 389 g/mol. The van der Waals surface area contributed by atoms with Gasteiger partial charge in [0.25, 0.3) is 5.91 Å². The van der Waals surface area contributed by atoms with Crippen molar-refractivity contribution < 1.29 is 13.8 Å². The van der Waals surface area contributed by atoms with Crippen LogP contribution in [0.3, 0.4) is 0 Å². The Balaban J connectivity index is 1.48. The monoisotopic (exact) mass is 389 g/mol. The van der Waals surface area contributed by atoms with E-state index in [0.29, 0.717) is 12.3 Å². The molecule has 8 nitrogen and oxygen atoms in total. The molecule has 0 bridgehead atoms. The molecule has 1 aromatic carbocycles. The number of hydrogen-bond donors (Lipinski definition) is 1. The second kappa shape index (κ2) is 8.05. The molecule has 0 saturated heterocycles. The van der Waals surface area contributed by atoms with Gasteiger partial charge in [-0.15, -0.1) is 0 Å². The molecule has 0 fully saturated rings. The Bertz CT molecular complexity index is 1130. The number of nitrogens with one attached hydrogen (secondary N) is 1. The molecular formula is C21H19N5O3. The third-order valence-electron chi connectivity index (χ3n) is 4.43. The standard InChI is InChI=1S/C21H19N5O3/c1-3-16-9-19(29-26-16)21(27)23-10-14-4-6-15(7-5-14)20-17(11-22-12-24-20)18-8-13(2)25-28-18/h4-9,11-12H,3,10H2,1-2H3,(H,23,27). The maximum absolute atomic E-state index is 12.2. The summed E-state index contributed by atoms with van der Waals surface area (Å²) >= 11 is 0. The van der Waals surface area contributed by atoms with E-state index in [1.807, 2.05) is 44.2 Å². The molecule has 0 radical (unpaired) electrons. The Labute approximate surface area is 167 Å². The van der Waals surface area contributed by atoms with Gasteiger partial charge in [0, 0.05) is 30.4 Å². The molecule has 0 spiro atoms. The number of benzene rings is 1. The lowest BCUT2D eigenvalue weighted by atomic mass is 10.0. The zero-order valence-electron chi connectivity index (χ0n) is 16.0. The molecule has 0 unspecified atom stereocenters. The Hall–Kier alpha value is -3.81. The summed E-state index contributed by atoms with van der Waals surface area (Å²) in [6, 6.07) is 11.3. The molecule has 146 valence electrons. The summed E-state index contributed by atoms with van der Waals surface area (Å²) in [6.45, 7) is 4.19. The van der Waals surface area contributed by atoms with Gasteiger partial charge < -0.3 is 14.4 Å². The highest BCUT2D eigenvalue weighted by molar-refractivity contribution is 5.91. The van der Waals surface area contributed by atoms with Crippen LogP contribution in [0, 0.1) is 6.92 Å². The summed E-state index contributed by atoms with van der Waals surface area (Å²) in [4.78, 5) is 20.7. The number of amides is 1. The van der Waals surface area contributed by atoms with E-state index in [9.17, 15) is 4.79 Å². The molecule has 4 rings (SSSR count). The van der Waals surface area contributed by atoms with Gasteiger partial charge in [-0.2, -0.15) is 0 Å². The lowest BCUT2D eigenvalue weighted by Gasteiger charge is -2.07. The Morgan fingerprint density at radius 1 is 1.10 bits per heavy atom. The number of aromatic nitrogens is 4. The molecular weight excluding hydrogens is 370 g/mol. The molecule has 0 aliphatic carbocycles. The van der Waals surface area contributed by atoms with Gasteiger partial charge in [-0.3, -0.25) is 4.79 Å². The van der Waals surface area contributed by atoms with E-state index in [-0.39, 0.29) is 11.7 Å². The Morgan fingerprint density at radius 3 is 2.62 bits per heavy atom. The van der Waals surface area contributed by atoms with E-state index in [0.717, 1.165) is 40.2 Å². The lowest BCUT2D eigenvalue weighted by Crippen LogP contribution is -2.22. The van der Waals surface area contributed by atoms with Gasteiger partial charge >= 0.3 is 0 Å². The second-order valence-electron chi connectivity index (χ2n) is 6.53. The molecule has 29 heavy (non-hydrogen) atoms. The van der Waals surface area contributed by atoms with E-state index in [1.54, 1.807) is 12.3 Å². The van der Waals surface area contributed by atoms with E-state index >= 15 is 0 Å². The molecule has 0 aliphatic heterocycles. The van der Waals surface area contributed by atoms with Crippen molar-refractivity contribution in [1.29, 1.82) is 0 Å². The first-order valence-corrected chi connectivity index (χ1v) is 9.21. The number of carbonyl (C=O) groups excluding carboxylic acids is 1. The summed E-state index contributed by atoms with van der Waals surface area (Å²) in [5, 5.41) is 10.6. The minimum Gasteiger partial charge on any atom is -0.356 e. The zero-order valence-corrected chi connectivity index (χ0v) is 16.0. The van der Waals surface area contributed by atoms with Gasteiger partial charge in [-0.1, -0.05) is 41.5 Å². The molecule has 0 atom stereocenters. The second-order valence-corrected chi connectivity index (χ2v) is 6.53. The molecule has 1 amide bonds. The number of rotatable bonds is 6. The summed E-state index contributed by atoms with van der Waals surface area (Å²) < 4.78 is 10.4. The summed E-state index contributed by atoms with van der Waals surface area (Å²) in [6.07, 6.45) is 3.92. The van der Waals surface area contributed by atoms with E-state index in [1.165, 1.54) is 6.33 Å². The van der Waals surface area contributed by atoms with Crippen LogP contribution in [0.25, 0.3) is 22.6 Å². The molecule has 3 aromatic heterocycles. The maximum Gasteiger partial charge on any atom is 0.290 e. The minimum absolute atomic E-state index is 0.214. The van der Waals surface area contributed by atoms with Crippen molar-refractivity contribution in [3.05, 3.63) is 71.6 Å². The Morgan fingerprint density at radius 2 is 1.93 bits per heavy atom. The normalized spacial score (nSPS) is 10.8. The first kappa shape index (κ1) is 18.5. The van der Waals surface area contributed by atoms with Crippen molar-refractivity contribution in [3.8, 4) is 22.6 Å². The van der Waals surface area contributed by atoms with Gasteiger partial charge in [-0.25, -0.2) is 9.97 Å². The van der Waals surface area contributed by atoms with Crippen molar-refractivity contribution in [2.45, 2.75) is 26.8 Å². The molecule has 1 N–H and O–H groups in total. The number of carbonyl (C=O) groups is 1. The first-order chi connectivity index (χ1) is 14.1. The van der Waals surface area contributed by atoms with Gasteiger partial charge in [0.05, 0.1) is 22.6 Å². The van der Waals surface area contributed by atoms with Crippen LogP contribution in [-0.4, -0.2) is 26.2 Å². The van der Waals surface area contributed by atoms with E-state index in [4.69, 9.17) is 9.05 Å². The summed E-state index contributed by atoms with van der Waals surface area (Å²) in [5.41, 5.74) is 4.92. The molecule has 0 aliphatic rings. The molecule has 8 heteroatoms. The highest BCUT2D eigenvalue weighted by atomic mass is 16.5. The highest BCUT2D eigenvalue weighted by Gasteiger charge is 2.14. The van der Waals surface area contributed by atoms with Crippen molar-refractivity contribution in [2.75, 3.05) is 0 Å². The van der Waals surface area contributed by atoms with Crippen molar-refractivity contribution in [3.63, 3.8) is 0 Å². The molecule has 4 aromatic rings. The summed E-state index contributed by atoms with van der Waals surface area (Å²) in [5.74, 6) is 0.541. The van der Waals surface area contributed by atoms with Crippen molar-refractivity contribution in [1.82, 2.24) is 25.6 Å². The first-order valence-electron chi connectivity index (χ1n) is 9.21. The minimum atomic E-state index is -0.292. The van der Waals surface area contributed by atoms with E-state index in [2.05, 4.69) is 25.6 Å². The average Bonchev–Trinajstić information content (AvgIpc) is 3.41. The maximum atomic E-state index is 12.2. The third kappa shape index (κ3) is 4.06. The fourth-order valence-electron chi connectivity index (χ4n) is 2.87. The van der Waals surface area contributed by atoms with Crippen LogP contribution in [0.5, 0.6) is 0 Å². The van der Waals surface area contributed by atoms with Gasteiger partial charge in [-0.05, 0) is 18.9 Å². The predicted molar refractivity (Wildman–Crippen MR) is 105 cm³/mol. The third-order valence-corrected chi connectivity index (χ3v) is 4.43. The van der Waals surface area contributed by atoms with Crippen molar-refractivity contribution in [2.24, 2.45) is 0 Å². The van der Waals surface area contributed by atoms with E-state index < -0.39 is 0 Å². The topological polar surface area (TPSA) is 107 Å². The van der Waals surface area contributed by atoms with Crippen LogP contribution in [0.1, 0.15) is 34.4 Å². The van der Waals surface area contributed by atoms with Crippen LogP contribution < -0.4 is 5.32 Å².